The minimum atomic E-state index is 0.000918. The monoisotopic (exact) mass is 379 g/mol. The summed E-state index contributed by atoms with van der Waals surface area (Å²) in [5, 5.41) is 4.24. The number of anilines is 1. The molecule has 2 aromatic carbocycles. The maximum atomic E-state index is 12.6. The average Bonchev–Trinajstić information content (AvgIpc) is 3.14. The molecule has 5 heteroatoms. The summed E-state index contributed by atoms with van der Waals surface area (Å²) in [6, 6.07) is 16.5. The molecule has 140 valence electrons. The number of para-hydroxylation sites is 1. The van der Waals surface area contributed by atoms with Gasteiger partial charge < -0.3 is 10.2 Å². The van der Waals surface area contributed by atoms with Crippen molar-refractivity contribution in [3.05, 3.63) is 59.1 Å². The quantitative estimate of drug-likeness (QED) is 0.636. The summed E-state index contributed by atoms with van der Waals surface area (Å²) in [6.45, 7) is 3.73. The van der Waals surface area contributed by atoms with Crippen LogP contribution in [0.4, 0.5) is 10.5 Å². The molecule has 0 spiro atoms. The minimum absolute atomic E-state index is 0.000918. The number of aryl methyl sites for hydroxylation is 1. The van der Waals surface area contributed by atoms with Crippen LogP contribution in [-0.4, -0.2) is 29.0 Å². The standard InChI is InChI=1S/C22H25N3OS/c1-2-5-16-8-10-18(11-9-16)23-22(26)25-14-12-17(13-15-25)21-24-19-6-3-4-7-20(19)27-21/h3-4,6-11,17H,2,5,12-15H2,1H3,(H,23,26). The first kappa shape index (κ1) is 18.0. The SMILES string of the molecule is CCCc1ccc(NC(=O)N2CCC(c3nc4ccccc4s3)CC2)cc1. The molecular weight excluding hydrogens is 354 g/mol. The number of carbonyl (C=O) groups excluding carboxylic acids is 1. The molecule has 2 heterocycles. The molecule has 0 aliphatic carbocycles. The lowest BCUT2D eigenvalue weighted by Gasteiger charge is -2.31. The van der Waals surface area contributed by atoms with E-state index in [4.69, 9.17) is 4.98 Å². The van der Waals surface area contributed by atoms with Gasteiger partial charge in [-0.1, -0.05) is 37.6 Å². The summed E-state index contributed by atoms with van der Waals surface area (Å²) >= 11 is 1.79. The Balaban J connectivity index is 1.33. The summed E-state index contributed by atoms with van der Waals surface area (Å²) in [5.74, 6) is 0.458. The molecule has 4 nitrogen and oxygen atoms in total. The lowest BCUT2D eigenvalue weighted by Crippen LogP contribution is -2.40. The van der Waals surface area contributed by atoms with Crippen molar-refractivity contribution < 1.29 is 4.79 Å². The molecule has 2 amide bonds. The highest BCUT2D eigenvalue weighted by Crippen LogP contribution is 2.33. The van der Waals surface area contributed by atoms with Crippen molar-refractivity contribution in [3.63, 3.8) is 0 Å². The fourth-order valence-corrected chi connectivity index (χ4v) is 4.78. The van der Waals surface area contributed by atoms with Crippen LogP contribution >= 0.6 is 11.3 Å². The Morgan fingerprint density at radius 2 is 1.89 bits per heavy atom. The normalized spacial score (nSPS) is 15.2. The molecular formula is C22H25N3OS. The molecule has 1 N–H and O–H groups in total. The summed E-state index contributed by atoms with van der Waals surface area (Å²) < 4.78 is 1.25. The molecule has 0 unspecified atom stereocenters. The van der Waals surface area contributed by atoms with Gasteiger partial charge in [0.2, 0.25) is 0 Å². The molecule has 1 saturated heterocycles. The van der Waals surface area contributed by atoms with Gasteiger partial charge in [-0.15, -0.1) is 11.3 Å². The van der Waals surface area contributed by atoms with Crippen LogP contribution in [0.5, 0.6) is 0 Å². The number of nitrogens with one attached hydrogen (secondary N) is 1. The number of carbonyl (C=O) groups is 1. The number of benzene rings is 2. The van der Waals surface area contributed by atoms with Crippen LogP contribution in [0.2, 0.25) is 0 Å². The van der Waals surface area contributed by atoms with Gasteiger partial charge in [0.05, 0.1) is 15.2 Å². The predicted octanol–water partition coefficient (Wildman–Crippen LogP) is 5.66. The molecule has 1 aliphatic heterocycles. The zero-order valence-corrected chi connectivity index (χ0v) is 16.5. The van der Waals surface area contributed by atoms with Gasteiger partial charge in [0.15, 0.2) is 0 Å². The van der Waals surface area contributed by atoms with E-state index >= 15 is 0 Å². The third-order valence-electron chi connectivity index (χ3n) is 5.19. The Hall–Kier alpha value is -2.40. The van der Waals surface area contributed by atoms with E-state index in [1.807, 2.05) is 23.1 Å². The summed E-state index contributed by atoms with van der Waals surface area (Å²) in [4.78, 5) is 19.3. The van der Waals surface area contributed by atoms with Crippen molar-refractivity contribution in [3.8, 4) is 0 Å². The van der Waals surface area contributed by atoms with Crippen LogP contribution in [0.15, 0.2) is 48.5 Å². The summed E-state index contributed by atoms with van der Waals surface area (Å²) in [7, 11) is 0. The second-order valence-corrected chi connectivity index (χ2v) is 8.22. The lowest BCUT2D eigenvalue weighted by atomic mass is 9.98. The second-order valence-electron chi connectivity index (χ2n) is 7.16. The van der Waals surface area contributed by atoms with Crippen molar-refractivity contribution in [2.75, 3.05) is 18.4 Å². The molecule has 0 saturated carbocycles. The Morgan fingerprint density at radius 3 is 2.59 bits per heavy atom. The van der Waals surface area contributed by atoms with E-state index in [9.17, 15) is 4.79 Å². The fraction of sp³-hybridized carbons (Fsp3) is 0.364. The second kappa shape index (κ2) is 8.09. The van der Waals surface area contributed by atoms with E-state index < -0.39 is 0 Å². The van der Waals surface area contributed by atoms with Crippen LogP contribution in [0.1, 0.15) is 42.7 Å². The summed E-state index contributed by atoms with van der Waals surface area (Å²) in [5.41, 5.74) is 3.27. The molecule has 0 bridgehead atoms. The zero-order valence-electron chi connectivity index (χ0n) is 15.6. The first-order valence-electron chi connectivity index (χ1n) is 9.73. The maximum absolute atomic E-state index is 12.6. The van der Waals surface area contributed by atoms with Gasteiger partial charge in [-0.2, -0.15) is 0 Å². The number of urea groups is 1. The number of likely N-dealkylation sites (tertiary alicyclic amines) is 1. The van der Waals surface area contributed by atoms with Crippen molar-refractivity contribution in [2.45, 2.75) is 38.5 Å². The fourth-order valence-electron chi connectivity index (χ4n) is 3.64. The Morgan fingerprint density at radius 1 is 1.15 bits per heavy atom. The van der Waals surface area contributed by atoms with E-state index in [2.05, 4.69) is 42.6 Å². The van der Waals surface area contributed by atoms with Crippen LogP contribution < -0.4 is 5.32 Å². The summed E-state index contributed by atoms with van der Waals surface area (Å²) in [6.07, 6.45) is 4.16. The van der Waals surface area contributed by atoms with E-state index in [-0.39, 0.29) is 6.03 Å². The minimum Gasteiger partial charge on any atom is -0.324 e. The van der Waals surface area contributed by atoms with Gasteiger partial charge in [-0.25, -0.2) is 9.78 Å². The van der Waals surface area contributed by atoms with Gasteiger partial charge in [-0.05, 0) is 49.1 Å². The number of rotatable bonds is 4. The van der Waals surface area contributed by atoms with Crippen LogP contribution in [0.3, 0.4) is 0 Å². The van der Waals surface area contributed by atoms with Crippen LogP contribution in [0, 0.1) is 0 Å². The highest BCUT2D eigenvalue weighted by atomic mass is 32.1. The first-order chi connectivity index (χ1) is 13.2. The van der Waals surface area contributed by atoms with Gasteiger partial charge in [0.1, 0.15) is 0 Å². The lowest BCUT2D eigenvalue weighted by molar-refractivity contribution is 0.194. The van der Waals surface area contributed by atoms with Crippen molar-refractivity contribution in [1.29, 1.82) is 0 Å². The van der Waals surface area contributed by atoms with E-state index in [1.54, 1.807) is 11.3 Å². The smallest absolute Gasteiger partial charge is 0.321 e. The largest absolute Gasteiger partial charge is 0.324 e. The van der Waals surface area contributed by atoms with E-state index in [0.717, 1.165) is 50.0 Å². The number of hydrogen-bond donors (Lipinski definition) is 1. The number of hydrogen-bond acceptors (Lipinski definition) is 3. The molecule has 1 aliphatic rings. The third kappa shape index (κ3) is 4.14. The number of nitrogens with zero attached hydrogens (tertiary/aromatic N) is 2. The van der Waals surface area contributed by atoms with Gasteiger partial charge in [-0.3, -0.25) is 0 Å². The topological polar surface area (TPSA) is 45.2 Å². The first-order valence-corrected chi connectivity index (χ1v) is 10.5. The van der Waals surface area contributed by atoms with Crippen molar-refractivity contribution in [2.24, 2.45) is 0 Å². The molecule has 4 rings (SSSR count). The zero-order chi connectivity index (χ0) is 18.6. The van der Waals surface area contributed by atoms with Gasteiger partial charge >= 0.3 is 6.03 Å². The third-order valence-corrected chi connectivity index (χ3v) is 6.38. The Labute approximate surface area is 164 Å². The molecule has 3 aromatic rings. The molecule has 27 heavy (non-hydrogen) atoms. The molecule has 1 aromatic heterocycles. The number of aromatic nitrogens is 1. The van der Waals surface area contributed by atoms with E-state index in [0.29, 0.717) is 5.92 Å². The van der Waals surface area contributed by atoms with Gasteiger partial charge in [0, 0.05) is 24.7 Å². The average molecular weight is 380 g/mol. The Bertz CT molecular complexity index is 878. The molecule has 1 fully saturated rings. The van der Waals surface area contributed by atoms with Crippen molar-refractivity contribution in [1.82, 2.24) is 9.88 Å². The Kier molecular flexibility index (Phi) is 5.39. The van der Waals surface area contributed by atoms with E-state index in [1.165, 1.54) is 15.3 Å². The van der Waals surface area contributed by atoms with Gasteiger partial charge in [0.25, 0.3) is 0 Å². The van der Waals surface area contributed by atoms with Crippen LogP contribution in [-0.2, 0) is 6.42 Å². The van der Waals surface area contributed by atoms with Crippen molar-refractivity contribution >= 4 is 33.3 Å². The number of fused-ring (bicyclic) bond motifs is 1. The maximum Gasteiger partial charge on any atom is 0.321 e. The predicted molar refractivity (Wildman–Crippen MR) is 113 cm³/mol. The number of piperidine rings is 1. The molecule has 0 atom stereocenters. The number of thiazole rings is 1. The van der Waals surface area contributed by atoms with Crippen LogP contribution in [0.25, 0.3) is 10.2 Å². The highest BCUT2D eigenvalue weighted by molar-refractivity contribution is 7.18. The highest BCUT2D eigenvalue weighted by Gasteiger charge is 2.26. The molecule has 0 radical (unpaired) electrons. The number of amides is 2.